The van der Waals surface area contributed by atoms with Crippen molar-refractivity contribution in [3.8, 4) is 17.2 Å². The lowest BCUT2D eigenvalue weighted by Gasteiger charge is -2.37. The highest BCUT2D eigenvalue weighted by Gasteiger charge is 2.36. The maximum atomic E-state index is 6.10. The van der Waals surface area contributed by atoms with Gasteiger partial charge in [0, 0.05) is 42.2 Å². The first-order valence-corrected chi connectivity index (χ1v) is 11.3. The van der Waals surface area contributed by atoms with E-state index >= 15 is 0 Å². The third-order valence-corrected chi connectivity index (χ3v) is 6.80. The van der Waals surface area contributed by atoms with Gasteiger partial charge in [0.15, 0.2) is 11.5 Å². The zero-order valence-corrected chi connectivity index (χ0v) is 19.2. The summed E-state index contributed by atoms with van der Waals surface area (Å²) in [6.45, 7) is 3.89. The Bertz CT molecular complexity index is 877. The van der Waals surface area contributed by atoms with Crippen LogP contribution in [0.15, 0.2) is 36.4 Å². The summed E-state index contributed by atoms with van der Waals surface area (Å²) in [4.78, 5) is 2.52. The van der Waals surface area contributed by atoms with E-state index in [1.807, 2.05) is 18.2 Å². The summed E-state index contributed by atoms with van der Waals surface area (Å²) in [5.74, 6) is 3.10. The van der Waals surface area contributed by atoms with Gasteiger partial charge in [0.2, 0.25) is 5.75 Å². The molecule has 2 aliphatic heterocycles. The lowest BCUT2D eigenvalue weighted by Crippen LogP contribution is -2.46. The highest BCUT2D eigenvalue weighted by Crippen LogP contribution is 2.41. The fraction of sp³-hybridized carbons (Fsp3) is 0.500. The molecule has 2 aromatic carbocycles. The van der Waals surface area contributed by atoms with Crippen LogP contribution < -0.4 is 25.1 Å². The van der Waals surface area contributed by atoms with Gasteiger partial charge in [0.1, 0.15) is 0 Å². The summed E-state index contributed by atoms with van der Waals surface area (Å²) in [5, 5.41) is 0.784. The Balaban J connectivity index is 1.48. The van der Waals surface area contributed by atoms with Gasteiger partial charge >= 0.3 is 0 Å². The molecule has 6 nitrogen and oxygen atoms in total. The molecule has 0 aliphatic carbocycles. The van der Waals surface area contributed by atoms with Crippen LogP contribution in [0.3, 0.4) is 0 Å². The fourth-order valence-corrected chi connectivity index (χ4v) is 5.18. The summed E-state index contributed by atoms with van der Waals surface area (Å²) in [7, 11) is 4.98. The van der Waals surface area contributed by atoms with Crippen molar-refractivity contribution in [3.63, 3.8) is 0 Å². The largest absolute Gasteiger partial charge is 0.493 e. The Hall–Kier alpha value is -1.99. The van der Waals surface area contributed by atoms with Crippen LogP contribution in [0.5, 0.6) is 17.2 Å². The summed E-state index contributed by atoms with van der Waals surface area (Å²) in [5.41, 5.74) is 9.41. The Morgan fingerprint density at radius 1 is 1.00 bits per heavy atom. The molecule has 2 fully saturated rings. The molecule has 2 aliphatic rings. The maximum absolute atomic E-state index is 6.10. The summed E-state index contributed by atoms with van der Waals surface area (Å²) in [6.07, 6.45) is 2.41. The van der Waals surface area contributed by atoms with E-state index in [9.17, 15) is 0 Å². The van der Waals surface area contributed by atoms with Crippen LogP contribution in [0, 0.1) is 5.92 Å². The monoisotopic (exact) mass is 445 g/mol. The van der Waals surface area contributed by atoms with Crippen LogP contribution in [0.25, 0.3) is 0 Å². The number of halogens is 1. The SMILES string of the molecule is COc1ccc(CN2CCCC(C3NNCC3c3ccc(Cl)cc3)C2)c(OC)c1OC. The minimum atomic E-state index is 0.399. The Labute approximate surface area is 189 Å². The van der Waals surface area contributed by atoms with Gasteiger partial charge < -0.3 is 14.2 Å². The first kappa shape index (κ1) is 22.2. The second-order valence-corrected chi connectivity index (χ2v) is 8.78. The molecule has 3 unspecified atom stereocenters. The Kier molecular flexibility index (Phi) is 7.23. The number of piperidine rings is 1. The highest BCUT2D eigenvalue weighted by molar-refractivity contribution is 6.30. The lowest BCUT2D eigenvalue weighted by atomic mass is 9.81. The first-order valence-electron chi connectivity index (χ1n) is 10.9. The van der Waals surface area contributed by atoms with Gasteiger partial charge in [-0.05, 0) is 49.1 Å². The number of ether oxygens (including phenoxy) is 3. The molecule has 2 aromatic rings. The van der Waals surface area contributed by atoms with E-state index in [0.717, 1.165) is 42.5 Å². The predicted molar refractivity (Wildman–Crippen MR) is 123 cm³/mol. The van der Waals surface area contributed by atoms with Crippen molar-refractivity contribution >= 4 is 11.6 Å². The first-order chi connectivity index (χ1) is 15.1. The number of likely N-dealkylation sites (tertiary alicyclic amines) is 1. The summed E-state index contributed by atoms with van der Waals surface area (Å²) < 4.78 is 16.7. The molecule has 2 saturated heterocycles. The number of nitrogens with one attached hydrogen (secondary N) is 2. The normalized spacial score (nSPS) is 24.2. The van der Waals surface area contributed by atoms with Crippen LogP contribution in [0.4, 0.5) is 0 Å². The molecule has 7 heteroatoms. The van der Waals surface area contributed by atoms with E-state index in [1.165, 1.54) is 18.4 Å². The molecule has 0 amide bonds. The van der Waals surface area contributed by atoms with Crippen LogP contribution in [0.1, 0.15) is 29.9 Å². The molecule has 0 bridgehead atoms. The number of rotatable bonds is 7. The van der Waals surface area contributed by atoms with Crippen LogP contribution in [0.2, 0.25) is 5.02 Å². The zero-order valence-electron chi connectivity index (χ0n) is 18.5. The lowest BCUT2D eigenvalue weighted by molar-refractivity contribution is 0.138. The number of hydrazine groups is 1. The maximum Gasteiger partial charge on any atom is 0.203 e. The van der Waals surface area contributed by atoms with E-state index in [4.69, 9.17) is 25.8 Å². The van der Waals surface area contributed by atoms with Gasteiger partial charge in [0.25, 0.3) is 0 Å². The molecule has 2 heterocycles. The number of benzene rings is 2. The molecule has 4 rings (SSSR count). The van der Waals surface area contributed by atoms with Crippen molar-refractivity contribution in [2.45, 2.75) is 31.3 Å². The third-order valence-electron chi connectivity index (χ3n) is 6.55. The van der Waals surface area contributed by atoms with Crippen molar-refractivity contribution in [3.05, 3.63) is 52.5 Å². The minimum Gasteiger partial charge on any atom is -0.493 e. The quantitative estimate of drug-likeness (QED) is 0.675. The summed E-state index contributed by atoms with van der Waals surface area (Å²) in [6, 6.07) is 12.7. The second-order valence-electron chi connectivity index (χ2n) is 8.34. The molecular formula is C24H32ClN3O3. The number of methoxy groups -OCH3 is 3. The van der Waals surface area contributed by atoms with E-state index < -0.39 is 0 Å². The van der Waals surface area contributed by atoms with Gasteiger partial charge in [-0.25, -0.2) is 0 Å². The fourth-order valence-electron chi connectivity index (χ4n) is 5.05. The predicted octanol–water partition coefficient (Wildman–Crippen LogP) is 3.84. The minimum absolute atomic E-state index is 0.399. The Morgan fingerprint density at radius 3 is 2.48 bits per heavy atom. The van der Waals surface area contributed by atoms with E-state index in [2.05, 4.69) is 34.0 Å². The van der Waals surface area contributed by atoms with Gasteiger partial charge in [-0.2, -0.15) is 0 Å². The van der Waals surface area contributed by atoms with Gasteiger partial charge in [-0.3, -0.25) is 15.8 Å². The van der Waals surface area contributed by atoms with Gasteiger partial charge in [0.05, 0.1) is 21.3 Å². The highest BCUT2D eigenvalue weighted by atomic mass is 35.5. The average Bonchev–Trinajstić information content (AvgIpc) is 3.29. The van der Waals surface area contributed by atoms with Gasteiger partial charge in [-0.1, -0.05) is 29.8 Å². The van der Waals surface area contributed by atoms with E-state index in [1.54, 1.807) is 21.3 Å². The van der Waals surface area contributed by atoms with E-state index in [0.29, 0.717) is 29.4 Å². The van der Waals surface area contributed by atoms with Crippen molar-refractivity contribution < 1.29 is 14.2 Å². The smallest absolute Gasteiger partial charge is 0.203 e. The topological polar surface area (TPSA) is 55.0 Å². The molecule has 0 radical (unpaired) electrons. The molecule has 0 saturated carbocycles. The van der Waals surface area contributed by atoms with Crippen molar-refractivity contribution in [2.24, 2.45) is 5.92 Å². The molecule has 0 spiro atoms. The molecule has 3 atom stereocenters. The molecule has 0 aromatic heterocycles. The number of hydrogen-bond acceptors (Lipinski definition) is 6. The molecule has 168 valence electrons. The Morgan fingerprint density at radius 2 is 1.77 bits per heavy atom. The zero-order chi connectivity index (χ0) is 21.8. The van der Waals surface area contributed by atoms with Crippen molar-refractivity contribution in [2.75, 3.05) is 41.0 Å². The van der Waals surface area contributed by atoms with Crippen LogP contribution >= 0.6 is 11.6 Å². The van der Waals surface area contributed by atoms with Crippen molar-refractivity contribution in [1.82, 2.24) is 15.8 Å². The molecule has 31 heavy (non-hydrogen) atoms. The second kappa shape index (κ2) is 10.1. The summed E-state index contributed by atoms with van der Waals surface area (Å²) >= 11 is 6.10. The molecule has 2 N–H and O–H groups in total. The average molecular weight is 446 g/mol. The number of hydrogen-bond donors (Lipinski definition) is 2. The van der Waals surface area contributed by atoms with Crippen molar-refractivity contribution in [1.29, 1.82) is 0 Å². The van der Waals surface area contributed by atoms with E-state index in [-0.39, 0.29) is 0 Å². The third kappa shape index (κ3) is 4.77. The standard InChI is InChI=1S/C24H32ClN3O3/c1-29-21-11-8-18(23(30-2)24(21)31-3)15-28-12-4-5-17(14-28)22-20(13-26-27-22)16-6-9-19(25)10-7-16/h6-11,17,20,22,26-27H,4-5,12-15H2,1-3H3. The number of nitrogens with zero attached hydrogens (tertiary/aromatic N) is 1. The molecular weight excluding hydrogens is 414 g/mol. The van der Waals surface area contributed by atoms with Gasteiger partial charge in [-0.15, -0.1) is 0 Å². The van der Waals surface area contributed by atoms with Crippen LogP contribution in [-0.4, -0.2) is 51.9 Å². The van der Waals surface area contributed by atoms with Crippen LogP contribution in [-0.2, 0) is 6.54 Å².